The highest BCUT2D eigenvalue weighted by atomic mass is 16.7. The largest absolute Gasteiger partial charge is 0.396 e. The summed E-state index contributed by atoms with van der Waals surface area (Å²) in [5, 5.41) is 13.8. The third-order valence-corrected chi connectivity index (χ3v) is 3.34. The fourth-order valence-corrected chi connectivity index (χ4v) is 2.33. The van der Waals surface area contributed by atoms with Crippen molar-refractivity contribution in [2.75, 3.05) is 20.3 Å². The number of benzene rings is 1. The van der Waals surface area contributed by atoms with E-state index in [9.17, 15) is 5.11 Å². The van der Waals surface area contributed by atoms with E-state index < -0.39 is 12.4 Å². The number of hydrogen-bond acceptors (Lipinski definition) is 5. The zero-order valence-electron chi connectivity index (χ0n) is 11.9. The van der Waals surface area contributed by atoms with Crippen LogP contribution in [0.4, 0.5) is 0 Å². The smallest absolute Gasteiger partial charge is 0.210 e. The molecule has 1 heterocycles. The summed E-state index contributed by atoms with van der Waals surface area (Å²) in [4.78, 5) is 0. The van der Waals surface area contributed by atoms with Crippen molar-refractivity contribution in [3.05, 3.63) is 35.9 Å². The Bertz CT molecular complexity index is 388. The molecular weight excluding hydrogens is 248 g/mol. The van der Waals surface area contributed by atoms with Gasteiger partial charge in [-0.3, -0.25) is 0 Å². The lowest BCUT2D eigenvalue weighted by Gasteiger charge is -2.21. The molecular formula is C14H20O5. The molecule has 1 aliphatic rings. The van der Waals surface area contributed by atoms with Crippen molar-refractivity contribution in [1.29, 1.82) is 1.43 Å². The van der Waals surface area contributed by atoms with Crippen LogP contribution in [0.2, 0.25) is 0 Å². The lowest BCUT2D eigenvalue weighted by molar-refractivity contribution is -0.143. The standard InChI is InChI=1S/C14H20O5/c1-17-14-11(7-15)13(12(8-16)19-14)18-9-10-5-3-2-4-6-10/h2-6,11-16H,7-9H2,1H3/t11?,12-,13-,14-/m1/s1/i15D. The van der Waals surface area contributed by atoms with Gasteiger partial charge in [-0.1, -0.05) is 30.3 Å². The molecule has 1 fully saturated rings. The molecule has 1 aliphatic heterocycles. The third-order valence-electron chi connectivity index (χ3n) is 3.34. The predicted octanol–water partition coefficient (Wildman–Crippen LogP) is 0.544. The van der Waals surface area contributed by atoms with E-state index in [0.717, 1.165) is 5.56 Å². The Kier molecular flexibility index (Phi) is 4.78. The van der Waals surface area contributed by atoms with Gasteiger partial charge in [0, 0.05) is 7.11 Å². The average Bonchev–Trinajstić information content (AvgIpc) is 2.84. The van der Waals surface area contributed by atoms with E-state index in [1.54, 1.807) is 0 Å². The molecule has 106 valence electrons. The number of aliphatic hydroxyl groups is 2. The van der Waals surface area contributed by atoms with Gasteiger partial charge in [0.25, 0.3) is 0 Å². The first kappa shape index (κ1) is 13.0. The maximum atomic E-state index is 9.38. The highest BCUT2D eigenvalue weighted by Crippen LogP contribution is 2.30. The molecule has 0 spiro atoms. The number of hydrogen-bond donors (Lipinski definition) is 2. The molecule has 0 aromatic heterocycles. The Balaban J connectivity index is 2.01. The van der Waals surface area contributed by atoms with Crippen LogP contribution >= 0.6 is 0 Å². The molecule has 1 aromatic carbocycles. The van der Waals surface area contributed by atoms with E-state index in [4.69, 9.17) is 15.6 Å². The minimum atomic E-state index is -0.529. The summed E-state index contributed by atoms with van der Waals surface area (Å²) >= 11 is 0. The van der Waals surface area contributed by atoms with Crippen LogP contribution in [0.3, 0.4) is 0 Å². The van der Waals surface area contributed by atoms with Crippen molar-refractivity contribution in [3.63, 3.8) is 0 Å². The fourth-order valence-electron chi connectivity index (χ4n) is 2.33. The van der Waals surface area contributed by atoms with Gasteiger partial charge in [0.2, 0.25) is 1.43 Å². The van der Waals surface area contributed by atoms with Gasteiger partial charge in [-0.05, 0) is 5.56 Å². The van der Waals surface area contributed by atoms with Crippen molar-refractivity contribution in [2.24, 2.45) is 5.92 Å². The van der Waals surface area contributed by atoms with Gasteiger partial charge in [-0.25, -0.2) is 0 Å². The van der Waals surface area contributed by atoms with Gasteiger partial charge in [0.15, 0.2) is 6.29 Å². The van der Waals surface area contributed by atoms with E-state index in [1.165, 1.54) is 7.11 Å². The first-order chi connectivity index (χ1) is 9.80. The molecule has 2 rings (SSSR count). The molecule has 19 heavy (non-hydrogen) atoms. The monoisotopic (exact) mass is 269 g/mol. The van der Waals surface area contributed by atoms with Crippen LogP contribution in [0.15, 0.2) is 30.3 Å². The van der Waals surface area contributed by atoms with Crippen molar-refractivity contribution in [1.82, 2.24) is 0 Å². The summed E-state index contributed by atoms with van der Waals surface area (Å²) in [7, 11) is 1.52. The normalized spacial score (nSPS) is 31.4. The van der Waals surface area contributed by atoms with Crippen molar-refractivity contribution < 1.29 is 24.4 Å². The maximum Gasteiger partial charge on any atom is 0.210 e. The van der Waals surface area contributed by atoms with Crippen LogP contribution in [0.1, 0.15) is 5.56 Å². The summed E-state index contributed by atoms with van der Waals surface area (Å²) in [6.45, 7) is 0.387. The minimum Gasteiger partial charge on any atom is -0.396 e. The lowest BCUT2D eigenvalue weighted by atomic mass is 10.0. The number of aliphatic hydroxyl groups excluding tert-OH is 2. The number of ether oxygens (including phenoxy) is 3. The zero-order chi connectivity index (χ0) is 14.4. The molecule has 5 heteroatoms. The molecule has 2 N–H and O–H groups in total. The van der Waals surface area contributed by atoms with E-state index >= 15 is 0 Å². The van der Waals surface area contributed by atoms with Gasteiger partial charge in [0.1, 0.15) is 6.10 Å². The summed E-state index contributed by atoms with van der Waals surface area (Å²) in [6.07, 6.45) is -1.36. The van der Waals surface area contributed by atoms with Crippen molar-refractivity contribution in [3.8, 4) is 0 Å². The van der Waals surface area contributed by atoms with E-state index in [-0.39, 0.29) is 25.2 Å². The predicted molar refractivity (Wildman–Crippen MR) is 68.4 cm³/mol. The summed E-state index contributed by atoms with van der Waals surface area (Å²) in [5.41, 5.74) is 1.04. The molecule has 1 saturated heterocycles. The highest BCUT2D eigenvalue weighted by Gasteiger charge is 2.44. The van der Waals surface area contributed by atoms with Crippen LogP contribution in [-0.4, -0.2) is 50.5 Å². The zero-order valence-corrected chi connectivity index (χ0v) is 10.9. The Labute approximate surface area is 114 Å². The van der Waals surface area contributed by atoms with Gasteiger partial charge in [-0.2, -0.15) is 0 Å². The minimum absolute atomic E-state index is 0.133. The molecule has 0 aliphatic carbocycles. The van der Waals surface area contributed by atoms with Crippen LogP contribution in [0, 0.1) is 5.92 Å². The molecule has 0 amide bonds. The summed E-state index contributed by atoms with van der Waals surface area (Å²) < 4.78 is 23.6. The Morgan fingerprint density at radius 2 is 2.11 bits per heavy atom. The first-order valence-corrected chi connectivity index (χ1v) is 6.33. The number of methoxy groups -OCH3 is 1. The van der Waals surface area contributed by atoms with Gasteiger partial charge in [-0.15, -0.1) is 0 Å². The average molecular weight is 269 g/mol. The Hall–Kier alpha value is -0.980. The second-order valence-corrected chi connectivity index (χ2v) is 4.55. The van der Waals surface area contributed by atoms with Crippen LogP contribution in [0.25, 0.3) is 0 Å². The first-order valence-electron chi connectivity index (χ1n) is 6.73. The second kappa shape index (κ2) is 6.98. The van der Waals surface area contributed by atoms with Crippen molar-refractivity contribution >= 4 is 0 Å². The summed E-state index contributed by atoms with van der Waals surface area (Å²) in [6, 6.07) is 9.75. The van der Waals surface area contributed by atoms with E-state index in [2.05, 4.69) is 5.11 Å². The SMILES string of the molecule is [2H]OCC1[C@H](OC)O[C@H](CO)[C@@H]1OCc1ccccc1. The van der Waals surface area contributed by atoms with Crippen LogP contribution in [-0.2, 0) is 20.8 Å². The fraction of sp³-hybridized carbons (Fsp3) is 0.571. The molecule has 1 aromatic rings. The van der Waals surface area contributed by atoms with Gasteiger partial charge in [0.05, 0.1) is 31.8 Å². The topological polar surface area (TPSA) is 68.2 Å². The Morgan fingerprint density at radius 3 is 2.74 bits per heavy atom. The van der Waals surface area contributed by atoms with Crippen molar-refractivity contribution in [2.45, 2.75) is 25.1 Å². The number of rotatable bonds is 7. The van der Waals surface area contributed by atoms with Crippen LogP contribution in [0.5, 0.6) is 0 Å². The quantitative estimate of drug-likeness (QED) is 0.756. The molecule has 0 saturated carbocycles. The molecule has 0 bridgehead atoms. The summed E-state index contributed by atoms with van der Waals surface area (Å²) in [5.74, 6) is -0.238. The maximum absolute atomic E-state index is 9.38. The third kappa shape index (κ3) is 3.32. The lowest BCUT2D eigenvalue weighted by Crippen LogP contribution is -2.35. The molecule has 0 radical (unpaired) electrons. The van der Waals surface area contributed by atoms with Gasteiger partial charge < -0.3 is 24.4 Å². The highest BCUT2D eigenvalue weighted by molar-refractivity contribution is 5.13. The van der Waals surface area contributed by atoms with E-state index in [0.29, 0.717) is 6.61 Å². The molecule has 1 unspecified atom stereocenters. The van der Waals surface area contributed by atoms with E-state index in [1.807, 2.05) is 30.3 Å². The van der Waals surface area contributed by atoms with Gasteiger partial charge >= 0.3 is 0 Å². The molecule has 5 nitrogen and oxygen atoms in total. The molecule has 4 atom stereocenters. The van der Waals surface area contributed by atoms with Crippen LogP contribution < -0.4 is 0 Å². The second-order valence-electron chi connectivity index (χ2n) is 4.55. The Morgan fingerprint density at radius 1 is 1.32 bits per heavy atom.